The molecular weight excluding hydrogens is 230 g/mol. The lowest BCUT2D eigenvalue weighted by molar-refractivity contribution is -0.141. The standard InChI is InChI=1S/C14H21NO3/c1-4-10(14(17)18)7-11-5-6-13(16)8-12(11)9-15(2)3/h5-6,8,10,16H,4,7,9H2,1-3H3,(H,17,18). The lowest BCUT2D eigenvalue weighted by Gasteiger charge is -2.17. The number of carbonyl (C=O) groups is 1. The number of phenolic OH excluding ortho intramolecular Hbond substituents is 1. The second kappa shape index (κ2) is 6.40. The Labute approximate surface area is 108 Å². The van der Waals surface area contributed by atoms with Gasteiger partial charge in [0, 0.05) is 6.54 Å². The number of aromatic hydroxyl groups is 1. The van der Waals surface area contributed by atoms with Crippen molar-refractivity contribution in [2.75, 3.05) is 14.1 Å². The molecule has 0 aromatic heterocycles. The van der Waals surface area contributed by atoms with Crippen molar-refractivity contribution in [2.45, 2.75) is 26.3 Å². The Kier molecular flexibility index (Phi) is 5.16. The zero-order valence-electron chi connectivity index (χ0n) is 11.2. The van der Waals surface area contributed by atoms with Gasteiger partial charge in [0.1, 0.15) is 5.75 Å². The molecule has 0 radical (unpaired) electrons. The van der Waals surface area contributed by atoms with E-state index in [2.05, 4.69) is 0 Å². The fourth-order valence-corrected chi connectivity index (χ4v) is 1.97. The molecule has 1 aromatic rings. The Hall–Kier alpha value is -1.55. The monoisotopic (exact) mass is 251 g/mol. The predicted molar refractivity (Wildman–Crippen MR) is 70.6 cm³/mol. The molecule has 0 heterocycles. The Bertz CT molecular complexity index is 416. The quantitative estimate of drug-likeness (QED) is 0.813. The van der Waals surface area contributed by atoms with Gasteiger partial charge in [-0.05, 0) is 50.2 Å². The molecule has 1 rings (SSSR count). The van der Waals surface area contributed by atoms with Crippen LogP contribution in [0.5, 0.6) is 5.75 Å². The zero-order valence-corrected chi connectivity index (χ0v) is 11.2. The average Bonchev–Trinajstić information content (AvgIpc) is 2.26. The van der Waals surface area contributed by atoms with E-state index in [-0.39, 0.29) is 11.7 Å². The second-order valence-electron chi connectivity index (χ2n) is 4.84. The lowest BCUT2D eigenvalue weighted by Crippen LogP contribution is -2.18. The molecule has 0 bridgehead atoms. The van der Waals surface area contributed by atoms with Crippen LogP contribution >= 0.6 is 0 Å². The van der Waals surface area contributed by atoms with Crippen LogP contribution < -0.4 is 0 Å². The third-order valence-corrected chi connectivity index (χ3v) is 2.98. The largest absolute Gasteiger partial charge is 0.508 e. The van der Waals surface area contributed by atoms with Gasteiger partial charge >= 0.3 is 5.97 Å². The average molecular weight is 251 g/mol. The van der Waals surface area contributed by atoms with Crippen LogP contribution in [0.3, 0.4) is 0 Å². The third kappa shape index (κ3) is 4.04. The van der Waals surface area contributed by atoms with E-state index < -0.39 is 5.97 Å². The summed E-state index contributed by atoms with van der Waals surface area (Å²) >= 11 is 0. The molecule has 4 heteroatoms. The zero-order chi connectivity index (χ0) is 13.7. The van der Waals surface area contributed by atoms with Crippen molar-refractivity contribution in [3.8, 4) is 5.75 Å². The van der Waals surface area contributed by atoms with Crippen LogP contribution in [0, 0.1) is 5.92 Å². The Balaban J connectivity index is 2.96. The molecule has 18 heavy (non-hydrogen) atoms. The third-order valence-electron chi connectivity index (χ3n) is 2.98. The maximum Gasteiger partial charge on any atom is 0.306 e. The summed E-state index contributed by atoms with van der Waals surface area (Å²) in [5.41, 5.74) is 1.98. The Morgan fingerprint density at radius 3 is 2.50 bits per heavy atom. The van der Waals surface area contributed by atoms with Crippen LogP contribution in [-0.4, -0.2) is 35.2 Å². The topological polar surface area (TPSA) is 60.8 Å². The summed E-state index contributed by atoms with van der Waals surface area (Å²) in [4.78, 5) is 13.1. The predicted octanol–water partition coefficient (Wildman–Crippen LogP) is 2.11. The summed E-state index contributed by atoms with van der Waals surface area (Å²) in [5, 5.41) is 18.6. The molecule has 1 aromatic carbocycles. The molecule has 0 aliphatic carbocycles. The van der Waals surface area contributed by atoms with Gasteiger partial charge in [0.2, 0.25) is 0 Å². The van der Waals surface area contributed by atoms with Gasteiger partial charge in [0.25, 0.3) is 0 Å². The molecule has 100 valence electrons. The van der Waals surface area contributed by atoms with Crippen LogP contribution in [0.25, 0.3) is 0 Å². The highest BCUT2D eigenvalue weighted by Gasteiger charge is 2.17. The highest BCUT2D eigenvalue weighted by atomic mass is 16.4. The molecule has 0 saturated heterocycles. The normalized spacial score (nSPS) is 12.7. The SMILES string of the molecule is CCC(Cc1ccc(O)cc1CN(C)C)C(=O)O. The Morgan fingerprint density at radius 2 is 2.00 bits per heavy atom. The molecule has 1 unspecified atom stereocenters. The number of hydrogen-bond acceptors (Lipinski definition) is 3. The van der Waals surface area contributed by atoms with Gasteiger partial charge in [-0.3, -0.25) is 4.79 Å². The molecule has 0 saturated carbocycles. The van der Waals surface area contributed by atoms with Crippen LogP contribution in [0.15, 0.2) is 18.2 Å². The summed E-state index contributed by atoms with van der Waals surface area (Å²) in [6.45, 7) is 2.57. The number of aliphatic carboxylic acids is 1. The molecule has 2 N–H and O–H groups in total. The number of rotatable bonds is 6. The number of hydrogen-bond donors (Lipinski definition) is 2. The van der Waals surface area contributed by atoms with Crippen molar-refractivity contribution < 1.29 is 15.0 Å². The molecule has 4 nitrogen and oxygen atoms in total. The number of nitrogens with zero attached hydrogens (tertiary/aromatic N) is 1. The number of benzene rings is 1. The van der Waals surface area contributed by atoms with Gasteiger partial charge < -0.3 is 15.1 Å². The second-order valence-corrected chi connectivity index (χ2v) is 4.84. The van der Waals surface area contributed by atoms with Crippen molar-refractivity contribution >= 4 is 5.97 Å². The number of carboxylic acids is 1. The van der Waals surface area contributed by atoms with E-state index in [0.717, 1.165) is 11.1 Å². The van der Waals surface area contributed by atoms with E-state index in [0.29, 0.717) is 19.4 Å². The van der Waals surface area contributed by atoms with E-state index in [1.54, 1.807) is 12.1 Å². The fourth-order valence-electron chi connectivity index (χ4n) is 1.97. The van der Waals surface area contributed by atoms with Crippen molar-refractivity contribution in [3.63, 3.8) is 0 Å². The molecular formula is C14H21NO3. The highest BCUT2D eigenvalue weighted by molar-refractivity contribution is 5.70. The molecule has 0 amide bonds. The molecule has 0 spiro atoms. The molecule has 1 atom stereocenters. The summed E-state index contributed by atoms with van der Waals surface area (Å²) in [5.74, 6) is -0.907. The first-order valence-electron chi connectivity index (χ1n) is 6.12. The van der Waals surface area contributed by atoms with Crippen LogP contribution in [0.4, 0.5) is 0 Å². The van der Waals surface area contributed by atoms with Gasteiger partial charge in [-0.2, -0.15) is 0 Å². The highest BCUT2D eigenvalue weighted by Crippen LogP contribution is 2.22. The van der Waals surface area contributed by atoms with Gasteiger partial charge in [-0.25, -0.2) is 0 Å². The van der Waals surface area contributed by atoms with E-state index in [9.17, 15) is 9.90 Å². The first-order valence-corrected chi connectivity index (χ1v) is 6.12. The summed E-state index contributed by atoms with van der Waals surface area (Å²) in [6, 6.07) is 5.15. The van der Waals surface area contributed by atoms with Gasteiger partial charge in [-0.1, -0.05) is 13.0 Å². The van der Waals surface area contributed by atoms with Crippen molar-refractivity contribution in [1.29, 1.82) is 0 Å². The first kappa shape index (κ1) is 14.5. The summed E-state index contributed by atoms with van der Waals surface area (Å²) in [7, 11) is 3.89. The lowest BCUT2D eigenvalue weighted by atomic mass is 9.93. The van der Waals surface area contributed by atoms with E-state index in [1.165, 1.54) is 0 Å². The Morgan fingerprint density at radius 1 is 1.33 bits per heavy atom. The molecule has 0 aliphatic heterocycles. The van der Waals surface area contributed by atoms with E-state index >= 15 is 0 Å². The molecule has 0 aliphatic rings. The minimum Gasteiger partial charge on any atom is -0.508 e. The van der Waals surface area contributed by atoms with Gasteiger partial charge in [0.15, 0.2) is 0 Å². The van der Waals surface area contributed by atoms with Crippen LogP contribution in [-0.2, 0) is 17.8 Å². The molecule has 0 fully saturated rings. The van der Waals surface area contributed by atoms with E-state index in [1.807, 2.05) is 32.0 Å². The van der Waals surface area contributed by atoms with Gasteiger partial charge in [-0.15, -0.1) is 0 Å². The van der Waals surface area contributed by atoms with Gasteiger partial charge in [0.05, 0.1) is 5.92 Å². The maximum atomic E-state index is 11.1. The number of phenols is 1. The smallest absolute Gasteiger partial charge is 0.306 e. The van der Waals surface area contributed by atoms with Crippen molar-refractivity contribution in [3.05, 3.63) is 29.3 Å². The van der Waals surface area contributed by atoms with Crippen LogP contribution in [0.1, 0.15) is 24.5 Å². The van der Waals surface area contributed by atoms with Crippen molar-refractivity contribution in [2.24, 2.45) is 5.92 Å². The van der Waals surface area contributed by atoms with Crippen LogP contribution in [0.2, 0.25) is 0 Å². The first-order chi connectivity index (χ1) is 8.43. The van der Waals surface area contributed by atoms with Crippen molar-refractivity contribution in [1.82, 2.24) is 4.90 Å². The summed E-state index contributed by atoms with van der Waals surface area (Å²) in [6.07, 6.45) is 1.12. The maximum absolute atomic E-state index is 11.1. The minimum absolute atomic E-state index is 0.221. The minimum atomic E-state index is -0.763. The fraction of sp³-hybridized carbons (Fsp3) is 0.500. The summed E-state index contributed by atoms with van der Waals surface area (Å²) < 4.78 is 0. The van der Waals surface area contributed by atoms with E-state index in [4.69, 9.17) is 5.11 Å². The number of carboxylic acid groups (broad SMARTS) is 1.